The van der Waals surface area contributed by atoms with Gasteiger partial charge in [0.05, 0.1) is 6.61 Å². The highest BCUT2D eigenvalue weighted by Gasteiger charge is 2.40. The molecular weight excluding hydrogens is 319 g/mol. The third-order valence-electron chi connectivity index (χ3n) is 5.22. The van der Waals surface area contributed by atoms with Gasteiger partial charge in [0, 0.05) is 36.7 Å². The molecule has 0 saturated carbocycles. The summed E-state index contributed by atoms with van der Waals surface area (Å²) in [6.07, 6.45) is 0.955. The standard InChI is InChI=1S/C20H23FN2O2/c1-23(8-9-24)12-14-11-16-15-4-2-3-5-18(15)25-19-7-6-13(21)10-17(19)20(16)22-14/h2-7,10,14,16,20,22,24H,8-9,11-12H2,1H3/t14-,16-,20+/m1/s1. The fourth-order valence-corrected chi connectivity index (χ4v) is 4.11. The second-order valence-electron chi connectivity index (χ2n) is 6.99. The van der Waals surface area contributed by atoms with Gasteiger partial charge in [0.15, 0.2) is 0 Å². The van der Waals surface area contributed by atoms with E-state index in [2.05, 4.69) is 16.3 Å². The highest BCUT2D eigenvalue weighted by Crippen LogP contribution is 2.50. The Bertz CT molecular complexity index is 767. The Morgan fingerprint density at radius 3 is 2.84 bits per heavy atom. The summed E-state index contributed by atoms with van der Waals surface area (Å²) in [6.45, 7) is 1.65. The first-order valence-electron chi connectivity index (χ1n) is 8.77. The molecule has 132 valence electrons. The zero-order chi connectivity index (χ0) is 17.4. The number of nitrogens with one attached hydrogen (secondary N) is 1. The minimum Gasteiger partial charge on any atom is -0.457 e. The molecule has 4 rings (SSSR count). The summed E-state index contributed by atoms with van der Waals surface area (Å²) in [4.78, 5) is 2.12. The maximum Gasteiger partial charge on any atom is 0.132 e. The van der Waals surface area contributed by atoms with E-state index in [9.17, 15) is 4.39 Å². The molecule has 2 N–H and O–H groups in total. The van der Waals surface area contributed by atoms with Crippen LogP contribution in [0.15, 0.2) is 42.5 Å². The van der Waals surface area contributed by atoms with Crippen molar-refractivity contribution in [2.45, 2.75) is 24.4 Å². The molecule has 4 nitrogen and oxygen atoms in total. The van der Waals surface area contributed by atoms with Gasteiger partial charge in [-0.3, -0.25) is 0 Å². The quantitative estimate of drug-likeness (QED) is 0.896. The molecule has 5 heteroatoms. The molecule has 0 unspecified atom stereocenters. The fraction of sp³-hybridized carbons (Fsp3) is 0.400. The van der Waals surface area contributed by atoms with Crippen molar-refractivity contribution in [1.29, 1.82) is 0 Å². The number of rotatable bonds is 4. The third-order valence-corrected chi connectivity index (χ3v) is 5.22. The van der Waals surface area contributed by atoms with E-state index in [1.807, 2.05) is 25.2 Å². The number of halogens is 1. The van der Waals surface area contributed by atoms with Gasteiger partial charge in [-0.1, -0.05) is 18.2 Å². The van der Waals surface area contributed by atoms with E-state index in [0.29, 0.717) is 6.54 Å². The summed E-state index contributed by atoms with van der Waals surface area (Å²) in [5, 5.41) is 12.8. The zero-order valence-corrected chi connectivity index (χ0v) is 14.3. The molecule has 1 fully saturated rings. The molecule has 2 heterocycles. The second-order valence-corrected chi connectivity index (χ2v) is 6.99. The van der Waals surface area contributed by atoms with Crippen LogP contribution >= 0.6 is 0 Å². The van der Waals surface area contributed by atoms with Crippen LogP contribution in [-0.4, -0.2) is 42.8 Å². The predicted molar refractivity (Wildman–Crippen MR) is 94.5 cm³/mol. The van der Waals surface area contributed by atoms with Gasteiger partial charge in [-0.15, -0.1) is 0 Å². The Morgan fingerprint density at radius 1 is 1.20 bits per heavy atom. The topological polar surface area (TPSA) is 44.7 Å². The van der Waals surface area contributed by atoms with Crippen LogP contribution in [0.1, 0.15) is 29.5 Å². The van der Waals surface area contributed by atoms with Crippen molar-refractivity contribution in [2.75, 3.05) is 26.7 Å². The molecule has 0 radical (unpaired) electrons. The monoisotopic (exact) mass is 342 g/mol. The molecule has 2 aliphatic rings. The molecule has 0 aromatic heterocycles. The lowest BCUT2D eigenvalue weighted by atomic mass is 9.87. The Kier molecular flexibility index (Phi) is 4.46. The highest BCUT2D eigenvalue weighted by molar-refractivity contribution is 5.50. The highest BCUT2D eigenvalue weighted by atomic mass is 19.1. The Hall–Kier alpha value is -1.95. The maximum atomic E-state index is 13.9. The van der Waals surface area contributed by atoms with Gasteiger partial charge in [-0.25, -0.2) is 4.39 Å². The normalized spacial score (nSPS) is 24.2. The largest absolute Gasteiger partial charge is 0.457 e. The van der Waals surface area contributed by atoms with Gasteiger partial charge in [-0.05, 0) is 43.3 Å². The van der Waals surface area contributed by atoms with Crippen LogP contribution in [0.25, 0.3) is 0 Å². The van der Waals surface area contributed by atoms with E-state index < -0.39 is 0 Å². The van der Waals surface area contributed by atoms with E-state index >= 15 is 0 Å². The van der Waals surface area contributed by atoms with Crippen molar-refractivity contribution in [3.8, 4) is 11.5 Å². The lowest BCUT2D eigenvalue weighted by Crippen LogP contribution is -2.37. The molecule has 0 spiro atoms. The Balaban J connectivity index is 1.70. The van der Waals surface area contributed by atoms with Crippen molar-refractivity contribution < 1.29 is 14.2 Å². The Morgan fingerprint density at radius 2 is 2.00 bits per heavy atom. The molecule has 1 saturated heterocycles. The molecule has 2 aromatic carbocycles. The van der Waals surface area contributed by atoms with Crippen LogP contribution < -0.4 is 10.1 Å². The van der Waals surface area contributed by atoms with Crippen molar-refractivity contribution in [3.63, 3.8) is 0 Å². The number of aliphatic hydroxyl groups excluding tert-OH is 1. The molecule has 0 aliphatic carbocycles. The van der Waals surface area contributed by atoms with E-state index in [0.717, 1.165) is 30.0 Å². The summed E-state index contributed by atoms with van der Waals surface area (Å²) in [6, 6.07) is 13.2. The summed E-state index contributed by atoms with van der Waals surface area (Å²) in [5.74, 6) is 1.58. The third kappa shape index (κ3) is 3.15. The summed E-state index contributed by atoms with van der Waals surface area (Å²) in [5.41, 5.74) is 2.05. The molecular formula is C20H23FN2O2. The Labute approximate surface area is 147 Å². The number of likely N-dealkylation sites (N-methyl/N-ethyl adjacent to an activating group) is 1. The molecule has 3 atom stereocenters. The van der Waals surface area contributed by atoms with Crippen LogP contribution in [0, 0.1) is 5.82 Å². The summed E-state index contributed by atoms with van der Waals surface area (Å²) in [7, 11) is 2.01. The molecule has 0 amide bonds. The van der Waals surface area contributed by atoms with Gasteiger partial charge < -0.3 is 20.1 Å². The van der Waals surface area contributed by atoms with Crippen LogP contribution in [0.5, 0.6) is 11.5 Å². The van der Waals surface area contributed by atoms with Crippen molar-refractivity contribution >= 4 is 0 Å². The number of hydrogen-bond donors (Lipinski definition) is 2. The first-order chi connectivity index (χ1) is 12.2. The van der Waals surface area contributed by atoms with Crippen LogP contribution in [0.3, 0.4) is 0 Å². The predicted octanol–water partition coefficient (Wildman–Crippen LogP) is 3.04. The van der Waals surface area contributed by atoms with Gasteiger partial charge in [0.2, 0.25) is 0 Å². The van der Waals surface area contributed by atoms with Gasteiger partial charge in [0.1, 0.15) is 17.3 Å². The van der Waals surface area contributed by atoms with E-state index in [-0.39, 0.29) is 30.4 Å². The lowest BCUT2D eigenvalue weighted by molar-refractivity contribution is 0.210. The first-order valence-corrected chi connectivity index (χ1v) is 8.77. The van der Waals surface area contributed by atoms with Crippen LogP contribution in [0.2, 0.25) is 0 Å². The van der Waals surface area contributed by atoms with Gasteiger partial charge >= 0.3 is 0 Å². The van der Waals surface area contributed by atoms with Crippen molar-refractivity contribution in [1.82, 2.24) is 10.2 Å². The number of aliphatic hydroxyl groups is 1. The molecule has 25 heavy (non-hydrogen) atoms. The minimum atomic E-state index is -0.241. The first kappa shape index (κ1) is 16.5. The fourth-order valence-electron chi connectivity index (χ4n) is 4.11. The smallest absolute Gasteiger partial charge is 0.132 e. The molecule has 2 aliphatic heterocycles. The maximum absolute atomic E-state index is 13.9. The molecule has 0 bridgehead atoms. The number of benzene rings is 2. The van der Waals surface area contributed by atoms with E-state index in [1.54, 1.807) is 12.1 Å². The number of ether oxygens (including phenoxy) is 1. The molecule has 2 aromatic rings. The average molecular weight is 342 g/mol. The van der Waals surface area contributed by atoms with Gasteiger partial charge in [0.25, 0.3) is 0 Å². The second kappa shape index (κ2) is 6.75. The minimum absolute atomic E-state index is 0.0295. The van der Waals surface area contributed by atoms with Crippen molar-refractivity contribution in [3.05, 3.63) is 59.4 Å². The SMILES string of the molecule is CN(CCO)C[C@H]1C[C@@H]2c3ccccc3Oc3ccc(F)cc3[C@H]2N1. The van der Waals surface area contributed by atoms with Crippen molar-refractivity contribution in [2.24, 2.45) is 0 Å². The van der Waals surface area contributed by atoms with E-state index in [1.165, 1.54) is 11.6 Å². The number of fused-ring (bicyclic) bond motifs is 5. The summed E-state index contributed by atoms with van der Waals surface area (Å²) < 4.78 is 20.0. The van der Waals surface area contributed by atoms with Gasteiger partial charge in [-0.2, -0.15) is 0 Å². The van der Waals surface area contributed by atoms with Crippen LogP contribution in [-0.2, 0) is 0 Å². The summed E-state index contributed by atoms with van der Waals surface area (Å²) >= 11 is 0. The average Bonchev–Trinajstić information content (AvgIpc) is 2.95. The lowest BCUT2D eigenvalue weighted by Gasteiger charge is -2.21. The number of hydrogen-bond acceptors (Lipinski definition) is 4. The number of nitrogens with zero attached hydrogens (tertiary/aromatic N) is 1. The number of para-hydroxylation sites is 1. The zero-order valence-electron chi connectivity index (χ0n) is 14.3. The van der Waals surface area contributed by atoms with Crippen LogP contribution in [0.4, 0.5) is 4.39 Å². The van der Waals surface area contributed by atoms with E-state index in [4.69, 9.17) is 9.84 Å².